The summed E-state index contributed by atoms with van der Waals surface area (Å²) in [5.41, 5.74) is 0.564. The molecule has 1 saturated carbocycles. The molecular weight excluding hydrogens is 236 g/mol. The van der Waals surface area contributed by atoms with Gasteiger partial charge in [-0.15, -0.1) is 0 Å². The van der Waals surface area contributed by atoms with Gasteiger partial charge in [-0.25, -0.2) is 0 Å². The first-order valence-corrected chi connectivity index (χ1v) is 8.34. The van der Waals surface area contributed by atoms with Crippen molar-refractivity contribution >= 4 is 0 Å². The molecular formula is C16H32N2O. The summed E-state index contributed by atoms with van der Waals surface area (Å²) in [7, 11) is 0. The highest BCUT2D eigenvalue weighted by Crippen LogP contribution is 2.33. The Kier molecular flexibility index (Phi) is 6.62. The van der Waals surface area contributed by atoms with Crippen LogP contribution in [-0.2, 0) is 4.74 Å². The lowest BCUT2D eigenvalue weighted by atomic mass is 9.75. The van der Waals surface area contributed by atoms with Gasteiger partial charge in [0.15, 0.2) is 0 Å². The van der Waals surface area contributed by atoms with Crippen LogP contribution in [0.5, 0.6) is 0 Å². The predicted molar refractivity (Wildman–Crippen MR) is 80.5 cm³/mol. The molecule has 2 fully saturated rings. The zero-order valence-electron chi connectivity index (χ0n) is 12.7. The van der Waals surface area contributed by atoms with Crippen molar-refractivity contribution in [2.75, 3.05) is 39.4 Å². The SMILES string of the molecule is CCCC1(CNCCCOCC2CC2)CCNCC1. The fourth-order valence-electron chi connectivity index (χ4n) is 3.19. The number of ether oxygens (including phenoxy) is 1. The van der Waals surface area contributed by atoms with Crippen LogP contribution < -0.4 is 10.6 Å². The number of nitrogens with one attached hydrogen (secondary N) is 2. The Hall–Kier alpha value is -0.120. The third-order valence-corrected chi connectivity index (χ3v) is 4.64. The van der Waals surface area contributed by atoms with Gasteiger partial charge in [0.05, 0.1) is 0 Å². The largest absolute Gasteiger partial charge is 0.381 e. The van der Waals surface area contributed by atoms with Crippen LogP contribution >= 0.6 is 0 Å². The molecule has 2 rings (SSSR count). The van der Waals surface area contributed by atoms with Gasteiger partial charge in [0, 0.05) is 19.8 Å². The first kappa shape index (κ1) is 15.3. The quantitative estimate of drug-likeness (QED) is 0.597. The molecule has 3 nitrogen and oxygen atoms in total. The highest BCUT2D eigenvalue weighted by atomic mass is 16.5. The van der Waals surface area contributed by atoms with Crippen LogP contribution in [0.4, 0.5) is 0 Å². The molecule has 1 aliphatic heterocycles. The second-order valence-electron chi connectivity index (χ2n) is 6.55. The van der Waals surface area contributed by atoms with Crippen LogP contribution in [0, 0.1) is 11.3 Å². The summed E-state index contributed by atoms with van der Waals surface area (Å²) in [5.74, 6) is 0.899. The van der Waals surface area contributed by atoms with Crippen molar-refractivity contribution in [3.05, 3.63) is 0 Å². The summed E-state index contributed by atoms with van der Waals surface area (Å²) in [4.78, 5) is 0. The molecule has 112 valence electrons. The predicted octanol–water partition coefficient (Wildman–Crippen LogP) is 2.56. The molecule has 0 aromatic rings. The maximum absolute atomic E-state index is 5.67. The van der Waals surface area contributed by atoms with Crippen LogP contribution in [0.2, 0.25) is 0 Å². The van der Waals surface area contributed by atoms with Gasteiger partial charge in [0.2, 0.25) is 0 Å². The Morgan fingerprint density at radius 1 is 1.26 bits per heavy atom. The van der Waals surface area contributed by atoms with E-state index in [9.17, 15) is 0 Å². The van der Waals surface area contributed by atoms with Crippen LogP contribution in [0.1, 0.15) is 51.9 Å². The van der Waals surface area contributed by atoms with Crippen LogP contribution in [0.25, 0.3) is 0 Å². The van der Waals surface area contributed by atoms with E-state index in [-0.39, 0.29) is 0 Å². The minimum atomic E-state index is 0.564. The van der Waals surface area contributed by atoms with Gasteiger partial charge in [-0.05, 0) is 69.5 Å². The van der Waals surface area contributed by atoms with Crippen molar-refractivity contribution in [1.82, 2.24) is 10.6 Å². The summed E-state index contributed by atoms with van der Waals surface area (Å²) in [6.07, 6.45) is 9.31. The molecule has 0 aromatic heterocycles. The van der Waals surface area contributed by atoms with Gasteiger partial charge in [-0.3, -0.25) is 0 Å². The summed E-state index contributed by atoms with van der Waals surface area (Å²) < 4.78 is 5.67. The topological polar surface area (TPSA) is 33.3 Å². The van der Waals surface area contributed by atoms with Crippen molar-refractivity contribution in [2.24, 2.45) is 11.3 Å². The van der Waals surface area contributed by atoms with E-state index in [1.807, 2.05) is 0 Å². The molecule has 1 saturated heterocycles. The first-order valence-electron chi connectivity index (χ1n) is 8.34. The summed E-state index contributed by atoms with van der Waals surface area (Å²) in [6, 6.07) is 0. The Morgan fingerprint density at radius 3 is 2.74 bits per heavy atom. The number of rotatable bonds is 10. The zero-order valence-corrected chi connectivity index (χ0v) is 12.7. The van der Waals surface area contributed by atoms with Crippen molar-refractivity contribution in [2.45, 2.75) is 51.9 Å². The molecule has 1 aliphatic carbocycles. The number of hydrogen-bond acceptors (Lipinski definition) is 3. The molecule has 0 unspecified atom stereocenters. The van der Waals surface area contributed by atoms with E-state index in [2.05, 4.69) is 17.6 Å². The van der Waals surface area contributed by atoms with E-state index in [0.717, 1.165) is 32.1 Å². The standard InChI is InChI=1S/C16H32N2O/c1-2-6-16(7-10-17-11-8-16)14-18-9-3-12-19-13-15-4-5-15/h15,17-18H,2-14H2,1H3. The lowest BCUT2D eigenvalue weighted by molar-refractivity contribution is 0.119. The number of hydrogen-bond donors (Lipinski definition) is 2. The van der Waals surface area contributed by atoms with Crippen LogP contribution in [0.3, 0.4) is 0 Å². The summed E-state index contributed by atoms with van der Waals surface area (Å²) in [6.45, 7) is 8.97. The lowest BCUT2D eigenvalue weighted by Crippen LogP contribution is -2.43. The molecule has 0 spiro atoms. The fourth-order valence-corrected chi connectivity index (χ4v) is 3.19. The van der Waals surface area contributed by atoms with Crippen molar-refractivity contribution in [3.8, 4) is 0 Å². The van der Waals surface area contributed by atoms with Gasteiger partial charge in [0.25, 0.3) is 0 Å². The van der Waals surface area contributed by atoms with Gasteiger partial charge in [-0.1, -0.05) is 13.3 Å². The van der Waals surface area contributed by atoms with Crippen molar-refractivity contribution in [3.63, 3.8) is 0 Å². The molecule has 0 radical (unpaired) electrons. The molecule has 0 amide bonds. The third-order valence-electron chi connectivity index (χ3n) is 4.64. The van der Waals surface area contributed by atoms with Crippen molar-refractivity contribution < 1.29 is 4.74 Å². The van der Waals surface area contributed by atoms with Gasteiger partial charge < -0.3 is 15.4 Å². The maximum atomic E-state index is 5.67. The molecule has 3 heteroatoms. The zero-order chi connectivity index (χ0) is 13.4. The lowest BCUT2D eigenvalue weighted by Gasteiger charge is -2.38. The highest BCUT2D eigenvalue weighted by molar-refractivity contribution is 4.86. The minimum absolute atomic E-state index is 0.564. The smallest absolute Gasteiger partial charge is 0.0494 e. The van der Waals surface area contributed by atoms with E-state index in [4.69, 9.17) is 4.74 Å². The third kappa shape index (κ3) is 5.80. The Balaban J connectivity index is 1.51. The van der Waals surface area contributed by atoms with E-state index >= 15 is 0 Å². The van der Waals surface area contributed by atoms with Gasteiger partial charge in [-0.2, -0.15) is 0 Å². The van der Waals surface area contributed by atoms with E-state index in [1.165, 1.54) is 58.2 Å². The Labute approximate surface area is 118 Å². The van der Waals surface area contributed by atoms with E-state index in [1.54, 1.807) is 0 Å². The summed E-state index contributed by atoms with van der Waals surface area (Å²) in [5, 5.41) is 7.16. The molecule has 19 heavy (non-hydrogen) atoms. The Morgan fingerprint density at radius 2 is 2.05 bits per heavy atom. The van der Waals surface area contributed by atoms with Gasteiger partial charge in [0.1, 0.15) is 0 Å². The second-order valence-corrected chi connectivity index (χ2v) is 6.55. The normalized spacial score (nSPS) is 22.6. The summed E-state index contributed by atoms with van der Waals surface area (Å²) >= 11 is 0. The number of piperidine rings is 1. The van der Waals surface area contributed by atoms with Crippen molar-refractivity contribution in [1.29, 1.82) is 0 Å². The monoisotopic (exact) mass is 268 g/mol. The average molecular weight is 268 g/mol. The van der Waals surface area contributed by atoms with Crippen LogP contribution in [-0.4, -0.2) is 39.4 Å². The molecule has 2 aliphatic rings. The highest BCUT2D eigenvalue weighted by Gasteiger charge is 2.30. The van der Waals surface area contributed by atoms with Gasteiger partial charge >= 0.3 is 0 Å². The molecule has 0 atom stereocenters. The fraction of sp³-hybridized carbons (Fsp3) is 1.00. The molecule has 2 N–H and O–H groups in total. The van der Waals surface area contributed by atoms with Crippen LogP contribution in [0.15, 0.2) is 0 Å². The molecule has 1 heterocycles. The minimum Gasteiger partial charge on any atom is -0.381 e. The Bertz CT molecular complexity index is 229. The second kappa shape index (κ2) is 8.23. The average Bonchev–Trinajstić information content (AvgIpc) is 3.23. The molecule has 0 bridgehead atoms. The first-order chi connectivity index (χ1) is 9.35. The van der Waals surface area contributed by atoms with E-state index < -0.39 is 0 Å². The molecule has 0 aromatic carbocycles. The van der Waals surface area contributed by atoms with E-state index in [0.29, 0.717) is 5.41 Å². The maximum Gasteiger partial charge on any atom is 0.0494 e.